The minimum atomic E-state index is -0.998. The Labute approximate surface area is 160 Å². The SMILES string of the molecule is CCCCCN1C(=O)C2(COc3cc(O)c(O)cc32)c2c(Br)cccc21. The van der Waals surface area contributed by atoms with Crippen molar-refractivity contribution in [2.24, 2.45) is 0 Å². The molecule has 1 unspecified atom stereocenters. The number of carbonyl (C=O) groups excluding carboxylic acids is 1. The minimum absolute atomic E-state index is 0.0423. The number of hydrogen-bond acceptors (Lipinski definition) is 4. The first kappa shape index (κ1) is 17.2. The van der Waals surface area contributed by atoms with E-state index in [-0.39, 0.29) is 24.0 Å². The maximum Gasteiger partial charge on any atom is 0.245 e. The summed E-state index contributed by atoms with van der Waals surface area (Å²) in [7, 11) is 0. The van der Waals surface area contributed by atoms with Crippen LogP contribution in [0.3, 0.4) is 0 Å². The molecule has 0 saturated heterocycles. The topological polar surface area (TPSA) is 70.0 Å². The van der Waals surface area contributed by atoms with Crippen LogP contribution < -0.4 is 9.64 Å². The number of rotatable bonds is 4. The molecule has 0 bridgehead atoms. The second kappa shape index (κ2) is 6.20. The van der Waals surface area contributed by atoms with E-state index < -0.39 is 5.41 Å². The standard InChI is InChI=1S/C20H20BrNO4/c1-2-3-4-8-22-14-7-5-6-13(21)18(14)20(19(22)25)11-26-17-10-16(24)15(23)9-12(17)20/h5-7,9-10,23-24H,2-4,8,11H2,1H3. The van der Waals surface area contributed by atoms with Crippen molar-refractivity contribution in [2.75, 3.05) is 18.1 Å². The Morgan fingerprint density at radius 3 is 2.77 bits per heavy atom. The third-order valence-electron chi connectivity index (χ3n) is 5.29. The van der Waals surface area contributed by atoms with Crippen molar-refractivity contribution in [3.63, 3.8) is 0 Å². The molecule has 2 aliphatic rings. The molecule has 0 fully saturated rings. The number of phenols is 2. The van der Waals surface area contributed by atoms with Gasteiger partial charge in [0.25, 0.3) is 0 Å². The molecule has 2 aliphatic heterocycles. The molecule has 26 heavy (non-hydrogen) atoms. The largest absolute Gasteiger partial charge is 0.504 e. The number of aromatic hydroxyl groups is 2. The van der Waals surface area contributed by atoms with E-state index in [2.05, 4.69) is 22.9 Å². The number of hydrogen-bond donors (Lipinski definition) is 2. The Bertz CT molecular complexity index is 898. The molecule has 4 rings (SSSR count). The second-order valence-electron chi connectivity index (χ2n) is 6.83. The van der Waals surface area contributed by atoms with Crippen LogP contribution in [0, 0.1) is 0 Å². The second-order valence-corrected chi connectivity index (χ2v) is 7.68. The van der Waals surface area contributed by atoms with E-state index >= 15 is 0 Å². The van der Waals surface area contributed by atoms with Gasteiger partial charge in [-0.25, -0.2) is 0 Å². The number of anilines is 1. The van der Waals surface area contributed by atoms with Gasteiger partial charge in [-0.05, 0) is 24.6 Å². The van der Waals surface area contributed by atoms with Crippen LogP contribution in [0.1, 0.15) is 37.3 Å². The molecular formula is C20H20BrNO4. The molecule has 1 spiro atoms. The quantitative estimate of drug-likeness (QED) is 0.580. The van der Waals surface area contributed by atoms with Gasteiger partial charge in [-0.1, -0.05) is 41.8 Å². The molecule has 0 aromatic heterocycles. The van der Waals surface area contributed by atoms with E-state index in [9.17, 15) is 15.0 Å². The smallest absolute Gasteiger partial charge is 0.245 e. The normalized spacial score (nSPS) is 20.4. The van der Waals surface area contributed by atoms with Gasteiger partial charge in [-0.2, -0.15) is 0 Å². The molecule has 2 aromatic rings. The molecule has 0 radical (unpaired) electrons. The summed E-state index contributed by atoms with van der Waals surface area (Å²) >= 11 is 3.61. The van der Waals surface area contributed by atoms with Crippen LogP contribution in [0.2, 0.25) is 0 Å². The molecule has 5 nitrogen and oxygen atoms in total. The first-order chi connectivity index (χ1) is 12.5. The lowest BCUT2D eigenvalue weighted by atomic mass is 9.77. The van der Waals surface area contributed by atoms with Crippen LogP contribution in [0.15, 0.2) is 34.8 Å². The molecule has 0 aliphatic carbocycles. The maximum absolute atomic E-state index is 13.6. The predicted octanol–water partition coefficient (Wildman–Crippen LogP) is 4.08. The third kappa shape index (κ3) is 2.24. The molecular weight excluding hydrogens is 398 g/mol. The molecule has 136 valence electrons. The molecule has 0 saturated carbocycles. The summed E-state index contributed by atoms with van der Waals surface area (Å²) in [5.41, 5.74) is 1.35. The van der Waals surface area contributed by atoms with Gasteiger partial charge in [-0.3, -0.25) is 4.79 Å². The molecule has 1 amide bonds. The zero-order valence-electron chi connectivity index (χ0n) is 14.5. The van der Waals surface area contributed by atoms with Crippen LogP contribution in [0.5, 0.6) is 17.2 Å². The number of nitrogens with zero attached hydrogens (tertiary/aromatic N) is 1. The minimum Gasteiger partial charge on any atom is -0.504 e. The number of unbranched alkanes of at least 4 members (excludes halogenated alkanes) is 2. The van der Waals surface area contributed by atoms with E-state index in [1.54, 1.807) is 0 Å². The van der Waals surface area contributed by atoms with Gasteiger partial charge in [-0.15, -0.1) is 0 Å². The zero-order chi connectivity index (χ0) is 18.5. The van der Waals surface area contributed by atoms with E-state index in [0.717, 1.165) is 35.0 Å². The Kier molecular flexibility index (Phi) is 4.10. The highest BCUT2D eigenvalue weighted by Gasteiger charge is 2.58. The van der Waals surface area contributed by atoms with Crippen molar-refractivity contribution in [1.82, 2.24) is 0 Å². The number of ether oxygens (including phenoxy) is 1. The fraction of sp³-hybridized carbons (Fsp3) is 0.350. The zero-order valence-corrected chi connectivity index (χ0v) is 16.0. The highest BCUT2D eigenvalue weighted by atomic mass is 79.9. The first-order valence-electron chi connectivity index (χ1n) is 8.81. The Morgan fingerprint density at radius 1 is 1.23 bits per heavy atom. The van der Waals surface area contributed by atoms with Crippen molar-refractivity contribution in [3.8, 4) is 17.2 Å². The maximum atomic E-state index is 13.6. The summed E-state index contributed by atoms with van der Waals surface area (Å²) in [4.78, 5) is 15.4. The first-order valence-corrected chi connectivity index (χ1v) is 9.60. The van der Waals surface area contributed by atoms with Crippen molar-refractivity contribution >= 4 is 27.5 Å². The fourth-order valence-electron chi connectivity index (χ4n) is 4.01. The lowest BCUT2D eigenvalue weighted by molar-refractivity contribution is -0.122. The van der Waals surface area contributed by atoms with E-state index in [0.29, 0.717) is 17.9 Å². The third-order valence-corrected chi connectivity index (χ3v) is 5.95. The number of carbonyl (C=O) groups is 1. The van der Waals surface area contributed by atoms with Crippen molar-refractivity contribution in [1.29, 1.82) is 0 Å². The van der Waals surface area contributed by atoms with Gasteiger partial charge in [0.2, 0.25) is 5.91 Å². The van der Waals surface area contributed by atoms with Crippen LogP contribution in [-0.2, 0) is 10.2 Å². The molecule has 2 N–H and O–H groups in total. The van der Waals surface area contributed by atoms with Gasteiger partial charge in [0.1, 0.15) is 17.8 Å². The highest BCUT2D eigenvalue weighted by molar-refractivity contribution is 9.10. The summed E-state index contributed by atoms with van der Waals surface area (Å²) in [6.07, 6.45) is 3.07. The summed E-state index contributed by atoms with van der Waals surface area (Å²) in [5.74, 6) is -0.108. The van der Waals surface area contributed by atoms with E-state index in [1.807, 2.05) is 23.1 Å². The summed E-state index contributed by atoms with van der Waals surface area (Å²) < 4.78 is 6.63. The average Bonchev–Trinajstić information content (AvgIpc) is 3.08. The summed E-state index contributed by atoms with van der Waals surface area (Å²) in [6, 6.07) is 8.63. The average molecular weight is 418 g/mol. The van der Waals surface area contributed by atoms with E-state index in [4.69, 9.17) is 4.74 Å². The molecule has 6 heteroatoms. The number of amides is 1. The lowest BCUT2D eigenvalue weighted by Crippen LogP contribution is -2.43. The van der Waals surface area contributed by atoms with Gasteiger partial charge < -0.3 is 19.8 Å². The summed E-state index contributed by atoms with van der Waals surface area (Å²) in [5, 5.41) is 19.8. The van der Waals surface area contributed by atoms with Crippen molar-refractivity contribution < 1.29 is 19.7 Å². The van der Waals surface area contributed by atoms with Gasteiger partial charge in [0.05, 0.1) is 0 Å². The molecule has 1 atom stereocenters. The summed E-state index contributed by atoms with van der Waals surface area (Å²) in [6.45, 7) is 2.94. The number of phenolic OH excluding ortho intramolecular Hbond substituents is 2. The molecule has 2 aromatic carbocycles. The Balaban J connectivity index is 1.89. The van der Waals surface area contributed by atoms with Crippen molar-refractivity contribution in [2.45, 2.75) is 31.6 Å². The monoisotopic (exact) mass is 417 g/mol. The predicted molar refractivity (Wildman–Crippen MR) is 102 cm³/mol. The van der Waals surface area contributed by atoms with Gasteiger partial charge >= 0.3 is 0 Å². The van der Waals surface area contributed by atoms with Gasteiger partial charge in [0.15, 0.2) is 11.5 Å². The van der Waals surface area contributed by atoms with E-state index in [1.165, 1.54) is 12.1 Å². The molecule has 2 heterocycles. The van der Waals surface area contributed by atoms with Crippen LogP contribution in [0.4, 0.5) is 5.69 Å². The Hall–Kier alpha value is -2.21. The lowest BCUT2D eigenvalue weighted by Gasteiger charge is -2.23. The van der Waals surface area contributed by atoms with Crippen LogP contribution >= 0.6 is 15.9 Å². The van der Waals surface area contributed by atoms with Crippen LogP contribution in [-0.4, -0.2) is 29.3 Å². The number of benzene rings is 2. The van der Waals surface area contributed by atoms with Gasteiger partial charge in [0, 0.05) is 33.9 Å². The van der Waals surface area contributed by atoms with Crippen LogP contribution in [0.25, 0.3) is 0 Å². The number of fused-ring (bicyclic) bond motifs is 4. The number of halogens is 1. The highest BCUT2D eigenvalue weighted by Crippen LogP contribution is 2.56. The Morgan fingerprint density at radius 2 is 2.00 bits per heavy atom. The van der Waals surface area contributed by atoms with Crippen molar-refractivity contribution in [3.05, 3.63) is 45.9 Å². The fourth-order valence-corrected chi connectivity index (χ4v) is 4.70.